The summed E-state index contributed by atoms with van der Waals surface area (Å²) in [5, 5.41) is 8.74. The number of nitrogens with two attached hydrogens (primary N) is 1. The smallest absolute Gasteiger partial charge is 0.341 e. The molecular weight excluding hydrogens is 196 g/mol. The van der Waals surface area contributed by atoms with E-state index < -0.39 is 5.97 Å². The third kappa shape index (κ3) is 1.70. The first kappa shape index (κ1) is 9.34. The normalized spacial score (nSPS) is 10.1. The number of carboxylic acid groups (broad SMARTS) is 1. The second kappa shape index (κ2) is 3.77. The van der Waals surface area contributed by atoms with Crippen LogP contribution >= 0.6 is 23.3 Å². The molecule has 0 bridgehead atoms. The van der Waals surface area contributed by atoms with Crippen molar-refractivity contribution < 1.29 is 9.90 Å². The Kier molecular flexibility index (Phi) is 2.93. The summed E-state index contributed by atoms with van der Waals surface area (Å²) >= 11 is 2.58. The van der Waals surface area contributed by atoms with Crippen LogP contribution in [0.25, 0.3) is 0 Å². The van der Waals surface area contributed by atoms with E-state index in [4.69, 9.17) is 10.8 Å². The molecule has 0 fully saturated rings. The first-order valence-corrected chi connectivity index (χ1v) is 5.04. The van der Waals surface area contributed by atoms with Crippen molar-refractivity contribution >= 4 is 35.1 Å². The molecule has 0 aliphatic carbocycles. The Morgan fingerprint density at radius 1 is 1.83 bits per heavy atom. The molecule has 0 atom stereocenters. The zero-order valence-electron chi connectivity index (χ0n) is 6.40. The average molecular weight is 204 g/mol. The molecule has 0 aliphatic rings. The molecule has 0 saturated carbocycles. The van der Waals surface area contributed by atoms with Gasteiger partial charge in [0, 0.05) is 0 Å². The van der Waals surface area contributed by atoms with Crippen LogP contribution in [0.3, 0.4) is 0 Å². The summed E-state index contributed by atoms with van der Waals surface area (Å²) in [7, 11) is 0. The van der Waals surface area contributed by atoms with Crippen molar-refractivity contribution in [3.05, 3.63) is 5.56 Å². The van der Waals surface area contributed by atoms with Crippen LogP contribution < -0.4 is 5.73 Å². The number of hydrogen-bond donors (Lipinski definition) is 2. The van der Waals surface area contributed by atoms with E-state index in [2.05, 4.69) is 4.37 Å². The molecule has 0 saturated heterocycles. The van der Waals surface area contributed by atoms with Gasteiger partial charge in [-0.2, -0.15) is 4.37 Å². The monoisotopic (exact) mass is 204 g/mol. The van der Waals surface area contributed by atoms with Crippen molar-refractivity contribution in [2.75, 3.05) is 11.5 Å². The molecule has 0 spiro atoms. The first-order chi connectivity index (χ1) is 5.66. The maximum absolute atomic E-state index is 10.7. The number of carboxylic acids is 1. The summed E-state index contributed by atoms with van der Waals surface area (Å²) in [6.07, 6.45) is 0. The Hall–Kier alpha value is -0.750. The van der Waals surface area contributed by atoms with Crippen LogP contribution in [-0.4, -0.2) is 21.2 Å². The highest BCUT2D eigenvalue weighted by molar-refractivity contribution is 8.01. The predicted octanol–water partition coefficient (Wildman–Crippen LogP) is 1.54. The number of carbonyl (C=O) groups is 1. The van der Waals surface area contributed by atoms with Gasteiger partial charge >= 0.3 is 5.97 Å². The van der Waals surface area contributed by atoms with Gasteiger partial charge in [0.15, 0.2) is 5.82 Å². The lowest BCUT2D eigenvalue weighted by Crippen LogP contribution is -2.00. The Morgan fingerprint density at radius 2 is 2.50 bits per heavy atom. The highest BCUT2D eigenvalue weighted by Gasteiger charge is 2.17. The second-order valence-corrected chi connectivity index (χ2v) is 4.27. The zero-order valence-corrected chi connectivity index (χ0v) is 8.04. The number of anilines is 1. The van der Waals surface area contributed by atoms with Crippen molar-refractivity contribution in [1.29, 1.82) is 0 Å². The van der Waals surface area contributed by atoms with Crippen LogP contribution in [0.15, 0.2) is 4.21 Å². The van der Waals surface area contributed by atoms with E-state index in [0.29, 0.717) is 4.21 Å². The molecule has 12 heavy (non-hydrogen) atoms. The van der Waals surface area contributed by atoms with Crippen molar-refractivity contribution in [1.82, 2.24) is 4.37 Å². The standard InChI is InChI=1S/C6H8N2O2S2/c1-2-11-6-3(5(9)10)4(7)8-12-6/h2H2,1H3,(H2,7,8)(H,9,10). The molecule has 3 N–H and O–H groups in total. The Morgan fingerprint density at radius 3 is 3.00 bits per heavy atom. The Balaban J connectivity index is 3.04. The van der Waals surface area contributed by atoms with Crippen LogP contribution in [-0.2, 0) is 0 Å². The molecule has 0 amide bonds. The summed E-state index contributed by atoms with van der Waals surface area (Å²) in [6, 6.07) is 0. The third-order valence-corrected chi connectivity index (χ3v) is 3.17. The lowest BCUT2D eigenvalue weighted by Gasteiger charge is -1.94. The van der Waals surface area contributed by atoms with Gasteiger partial charge in [-0.25, -0.2) is 4.79 Å². The van der Waals surface area contributed by atoms with Gasteiger partial charge < -0.3 is 10.8 Å². The lowest BCUT2D eigenvalue weighted by molar-refractivity contribution is 0.0695. The van der Waals surface area contributed by atoms with Crippen LogP contribution in [0.2, 0.25) is 0 Å². The highest BCUT2D eigenvalue weighted by atomic mass is 32.2. The van der Waals surface area contributed by atoms with Crippen LogP contribution in [0.4, 0.5) is 5.82 Å². The van der Waals surface area contributed by atoms with E-state index in [1.807, 2.05) is 6.92 Å². The molecule has 0 radical (unpaired) electrons. The van der Waals surface area contributed by atoms with E-state index in [9.17, 15) is 4.79 Å². The maximum atomic E-state index is 10.7. The number of rotatable bonds is 3. The van der Waals surface area contributed by atoms with Gasteiger partial charge in [-0.05, 0) is 17.3 Å². The quantitative estimate of drug-likeness (QED) is 0.730. The van der Waals surface area contributed by atoms with E-state index in [1.165, 1.54) is 11.8 Å². The van der Waals surface area contributed by atoms with Crippen LogP contribution in [0.1, 0.15) is 17.3 Å². The fourth-order valence-corrected chi connectivity index (χ4v) is 2.54. The minimum Gasteiger partial charge on any atom is -0.477 e. The Labute approximate surface area is 77.9 Å². The molecule has 1 aromatic rings. The van der Waals surface area contributed by atoms with Gasteiger partial charge in [0.25, 0.3) is 0 Å². The summed E-state index contributed by atoms with van der Waals surface area (Å²) in [6.45, 7) is 1.95. The molecule has 6 heteroatoms. The summed E-state index contributed by atoms with van der Waals surface area (Å²) in [5.74, 6) is -0.0669. The fraction of sp³-hybridized carbons (Fsp3) is 0.333. The van der Waals surface area contributed by atoms with Crippen LogP contribution in [0, 0.1) is 0 Å². The highest BCUT2D eigenvalue weighted by Crippen LogP contribution is 2.30. The van der Waals surface area contributed by atoms with E-state index in [0.717, 1.165) is 17.3 Å². The molecule has 1 aromatic heterocycles. The topological polar surface area (TPSA) is 76.2 Å². The van der Waals surface area contributed by atoms with Crippen LogP contribution in [0.5, 0.6) is 0 Å². The summed E-state index contributed by atoms with van der Waals surface area (Å²) < 4.78 is 4.46. The average Bonchev–Trinajstić information content (AvgIpc) is 2.32. The van der Waals surface area contributed by atoms with Gasteiger partial charge in [0.2, 0.25) is 0 Å². The first-order valence-electron chi connectivity index (χ1n) is 3.28. The number of nitrogen functional groups attached to an aromatic ring is 1. The minimum atomic E-state index is -1.00. The molecule has 0 unspecified atom stereocenters. The molecule has 1 rings (SSSR count). The van der Waals surface area contributed by atoms with Crippen molar-refractivity contribution in [3.63, 3.8) is 0 Å². The number of aromatic carboxylic acids is 1. The molecule has 66 valence electrons. The van der Waals surface area contributed by atoms with E-state index in [1.54, 1.807) is 0 Å². The number of hydrogen-bond acceptors (Lipinski definition) is 5. The largest absolute Gasteiger partial charge is 0.477 e. The third-order valence-electron chi connectivity index (χ3n) is 1.18. The number of nitrogens with zero attached hydrogens (tertiary/aromatic N) is 1. The maximum Gasteiger partial charge on any atom is 0.341 e. The molecule has 4 nitrogen and oxygen atoms in total. The predicted molar refractivity (Wildman–Crippen MR) is 49.9 cm³/mol. The minimum absolute atomic E-state index is 0.114. The SMILES string of the molecule is CCSc1snc(N)c1C(=O)O. The second-order valence-electron chi connectivity index (χ2n) is 1.97. The lowest BCUT2D eigenvalue weighted by atomic mass is 10.3. The zero-order chi connectivity index (χ0) is 9.14. The molecule has 0 aromatic carbocycles. The fourth-order valence-electron chi connectivity index (χ4n) is 0.713. The summed E-state index contributed by atoms with van der Waals surface area (Å²) in [5.41, 5.74) is 5.52. The van der Waals surface area contributed by atoms with Gasteiger partial charge in [0.1, 0.15) is 5.56 Å². The molecule has 1 heterocycles. The van der Waals surface area contributed by atoms with Crippen molar-refractivity contribution in [2.24, 2.45) is 0 Å². The molecular formula is C6H8N2O2S2. The number of aromatic nitrogens is 1. The number of thioether (sulfide) groups is 1. The van der Waals surface area contributed by atoms with E-state index in [-0.39, 0.29) is 11.4 Å². The molecule has 0 aliphatic heterocycles. The van der Waals surface area contributed by atoms with Gasteiger partial charge in [0.05, 0.1) is 4.21 Å². The van der Waals surface area contributed by atoms with Gasteiger partial charge in [-0.1, -0.05) is 6.92 Å². The van der Waals surface area contributed by atoms with Gasteiger partial charge in [-0.15, -0.1) is 11.8 Å². The van der Waals surface area contributed by atoms with E-state index >= 15 is 0 Å². The van der Waals surface area contributed by atoms with Crippen molar-refractivity contribution in [2.45, 2.75) is 11.1 Å². The van der Waals surface area contributed by atoms with Crippen molar-refractivity contribution in [3.8, 4) is 0 Å². The summed E-state index contributed by atoms with van der Waals surface area (Å²) in [4.78, 5) is 10.7. The Bertz CT molecular complexity index is 298. The van der Waals surface area contributed by atoms with Gasteiger partial charge in [-0.3, -0.25) is 0 Å².